The zero-order chi connectivity index (χ0) is 20.4. The molecule has 2 saturated heterocycles. The molecule has 2 aliphatic rings. The molecule has 2 fully saturated rings. The van der Waals surface area contributed by atoms with Crippen LogP contribution in [0.4, 0.5) is 4.79 Å². The van der Waals surface area contributed by atoms with Crippen LogP contribution in [0.3, 0.4) is 0 Å². The highest BCUT2D eigenvalue weighted by Crippen LogP contribution is 2.31. The number of rotatable bonds is 5. The molecular weight excluding hydrogens is 410 g/mol. The van der Waals surface area contributed by atoms with Crippen molar-refractivity contribution in [1.82, 2.24) is 24.9 Å². The number of imidazole rings is 1. The molecule has 29 heavy (non-hydrogen) atoms. The van der Waals surface area contributed by atoms with E-state index in [0.717, 1.165) is 31.3 Å². The molecule has 2 aliphatic heterocycles. The number of aromatic nitrogens is 2. The van der Waals surface area contributed by atoms with Crippen molar-refractivity contribution >= 4 is 35.1 Å². The van der Waals surface area contributed by atoms with Crippen molar-refractivity contribution in [2.75, 3.05) is 25.9 Å². The van der Waals surface area contributed by atoms with Crippen LogP contribution in [0.25, 0.3) is 0 Å². The molecule has 4 rings (SSSR count). The molecule has 0 aromatic carbocycles. The second-order valence-electron chi connectivity index (χ2n) is 7.31. The van der Waals surface area contributed by atoms with E-state index in [4.69, 9.17) is 4.74 Å². The number of piperidine rings is 1. The fraction of sp³-hybridized carbons (Fsp3) is 0.526. The van der Waals surface area contributed by atoms with E-state index in [2.05, 4.69) is 26.8 Å². The Labute approximate surface area is 178 Å². The summed E-state index contributed by atoms with van der Waals surface area (Å²) in [4.78, 5) is 32.3. The van der Waals surface area contributed by atoms with Gasteiger partial charge < -0.3 is 9.30 Å². The van der Waals surface area contributed by atoms with Crippen molar-refractivity contribution in [3.8, 4) is 0 Å². The van der Waals surface area contributed by atoms with Crippen molar-refractivity contribution < 1.29 is 14.3 Å². The first-order valence-electron chi connectivity index (χ1n) is 9.69. The first-order chi connectivity index (χ1) is 14.0. The van der Waals surface area contributed by atoms with E-state index < -0.39 is 11.7 Å². The molecule has 2 amide bonds. The molecule has 2 aromatic rings. The van der Waals surface area contributed by atoms with Gasteiger partial charge >= 0.3 is 6.09 Å². The van der Waals surface area contributed by atoms with E-state index in [1.165, 1.54) is 22.0 Å². The number of hydrazine groups is 1. The third-order valence-corrected chi connectivity index (χ3v) is 7.06. The molecule has 0 bridgehead atoms. The number of ether oxygens (including phenoxy) is 1. The quantitative estimate of drug-likeness (QED) is 0.728. The van der Waals surface area contributed by atoms with E-state index in [1.54, 1.807) is 17.8 Å². The number of hydrogen-bond donors (Lipinski definition) is 1. The van der Waals surface area contributed by atoms with Crippen LogP contribution < -0.4 is 5.43 Å². The number of carbonyl (C=O) groups is 2. The number of nitrogens with one attached hydrogen (secondary N) is 1. The Balaban J connectivity index is 1.40. The zero-order valence-corrected chi connectivity index (χ0v) is 18.2. The molecule has 10 heteroatoms. The van der Waals surface area contributed by atoms with Gasteiger partial charge in [-0.05, 0) is 24.6 Å². The topological polar surface area (TPSA) is 79.7 Å². The van der Waals surface area contributed by atoms with Crippen LogP contribution in [0, 0.1) is 0 Å². The van der Waals surface area contributed by atoms with Crippen molar-refractivity contribution in [3.63, 3.8) is 0 Å². The molecule has 1 spiro atoms. The first-order valence-corrected chi connectivity index (χ1v) is 11.8. The lowest BCUT2D eigenvalue weighted by molar-refractivity contribution is -0.0888. The molecule has 0 radical (unpaired) electrons. The first kappa shape index (κ1) is 20.2. The minimum Gasteiger partial charge on any atom is -0.440 e. The number of nitrogens with zero attached hydrogens (tertiary/aromatic N) is 4. The Morgan fingerprint density at radius 1 is 1.41 bits per heavy atom. The van der Waals surface area contributed by atoms with Crippen molar-refractivity contribution in [1.29, 1.82) is 0 Å². The lowest BCUT2D eigenvalue weighted by Crippen LogP contribution is -2.64. The Morgan fingerprint density at radius 3 is 2.86 bits per heavy atom. The van der Waals surface area contributed by atoms with E-state index in [-0.39, 0.29) is 5.91 Å². The molecule has 8 nitrogen and oxygen atoms in total. The highest BCUT2D eigenvalue weighted by atomic mass is 32.2. The summed E-state index contributed by atoms with van der Waals surface area (Å²) >= 11 is 3.02. The minimum atomic E-state index is -0.624. The second-order valence-corrected chi connectivity index (χ2v) is 9.03. The van der Waals surface area contributed by atoms with Gasteiger partial charge in [-0.2, -0.15) is 0 Å². The summed E-state index contributed by atoms with van der Waals surface area (Å²) in [6.07, 6.45) is 4.83. The maximum absolute atomic E-state index is 12.7. The third kappa shape index (κ3) is 4.15. The number of carbonyl (C=O) groups excluding carboxylic acids is 2. The Hall–Kier alpha value is -2.04. The summed E-state index contributed by atoms with van der Waals surface area (Å²) in [6, 6.07) is 3.60. The average molecular weight is 436 g/mol. The van der Waals surface area contributed by atoms with Crippen LogP contribution in [0.15, 0.2) is 28.9 Å². The van der Waals surface area contributed by atoms with Gasteiger partial charge in [-0.15, -0.1) is 11.3 Å². The summed E-state index contributed by atoms with van der Waals surface area (Å²) < 4.78 is 7.93. The van der Waals surface area contributed by atoms with Crippen molar-refractivity contribution in [3.05, 3.63) is 34.3 Å². The summed E-state index contributed by atoms with van der Waals surface area (Å²) in [5.41, 5.74) is 3.13. The van der Waals surface area contributed by atoms with Gasteiger partial charge in [0.25, 0.3) is 5.91 Å². The summed E-state index contributed by atoms with van der Waals surface area (Å²) in [6.45, 7) is 5.82. The predicted molar refractivity (Wildman–Crippen MR) is 112 cm³/mol. The van der Waals surface area contributed by atoms with Gasteiger partial charge in [0.2, 0.25) is 0 Å². The van der Waals surface area contributed by atoms with Crippen LogP contribution in [0.2, 0.25) is 0 Å². The van der Waals surface area contributed by atoms with Crippen molar-refractivity contribution in [2.45, 2.75) is 43.6 Å². The fourth-order valence-electron chi connectivity index (χ4n) is 3.97. The van der Waals surface area contributed by atoms with Gasteiger partial charge in [-0.25, -0.2) is 20.2 Å². The Kier molecular flexibility index (Phi) is 5.84. The number of thioether (sulfide) groups is 1. The van der Waals surface area contributed by atoms with Crippen LogP contribution in [0.1, 0.15) is 35.1 Å². The zero-order valence-electron chi connectivity index (χ0n) is 16.6. The van der Waals surface area contributed by atoms with Gasteiger partial charge in [0.1, 0.15) is 5.60 Å². The summed E-state index contributed by atoms with van der Waals surface area (Å²) in [5, 5.41) is 4.29. The maximum Gasteiger partial charge on any atom is 0.426 e. The maximum atomic E-state index is 12.7. The molecule has 0 atom stereocenters. The molecule has 1 N–H and O–H groups in total. The largest absolute Gasteiger partial charge is 0.440 e. The number of thiophene rings is 1. The van der Waals surface area contributed by atoms with Gasteiger partial charge in [-0.1, -0.05) is 17.8 Å². The lowest BCUT2D eigenvalue weighted by Gasteiger charge is -2.46. The number of amides is 2. The predicted octanol–water partition coefficient (Wildman–Crippen LogP) is 2.82. The standard InChI is InChI=1S/C19H25N5O3S2/c1-3-23-14(11-20-17(23)28-2)12-22-8-6-19(7-9-22)13-24(21-18(26)27-19)16(25)15-5-4-10-29-15/h4-5,10-11H,3,6-9,12-13H2,1-2H3,(H,21,26). The monoisotopic (exact) mass is 435 g/mol. The second kappa shape index (κ2) is 8.37. The average Bonchev–Trinajstić information content (AvgIpc) is 3.38. The third-order valence-electron chi connectivity index (χ3n) is 5.51. The SMILES string of the molecule is CCn1c(CN2CCC3(CC2)CN(C(=O)c2cccs2)NC(=O)O3)cnc1SC. The smallest absolute Gasteiger partial charge is 0.426 e. The van der Waals surface area contributed by atoms with Crippen LogP contribution in [-0.2, 0) is 17.8 Å². The van der Waals surface area contributed by atoms with Crippen LogP contribution in [-0.4, -0.2) is 63.0 Å². The van der Waals surface area contributed by atoms with E-state index in [0.29, 0.717) is 24.3 Å². The lowest BCUT2D eigenvalue weighted by atomic mass is 9.90. The van der Waals surface area contributed by atoms with Gasteiger partial charge in [-0.3, -0.25) is 9.69 Å². The van der Waals surface area contributed by atoms with Gasteiger partial charge in [0.05, 0.1) is 23.3 Å². The van der Waals surface area contributed by atoms with E-state index in [1.807, 2.05) is 23.9 Å². The van der Waals surface area contributed by atoms with Crippen LogP contribution in [0.5, 0.6) is 0 Å². The number of hydrogen-bond acceptors (Lipinski definition) is 7. The molecule has 156 valence electrons. The van der Waals surface area contributed by atoms with Crippen molar-refractivity contribution in [2.24, 2.45) is 0 Å². The Bertz CT molecular complexity index is 875. The normalized spacial score (nSPS) is 19.2. The van der Waals surface area contributed by atoms with Crippen LogP contribution >= 0.6 is 23.1 Å². The highest BCUT2D eigenvalue weighted by Gasteiger charge is 2.45. The molecule has 0 saturated carbocycles. The molecule has 0 aliphatic carbocycles. The summed E-state index contributed by atoms with van der Waals surface area (Å²) in [5.74, 6) is -0.185. The molecule has 0 unspecified atom stereocenters. The molecule has 4 heterocycles. The Morgan fingerprint density at radius 2 is 2.21 bits per heavy atom. The van der Waals surface area contributed by atoms with E-state index in [9.17, 15) is 9.59 Å². The van der Waals surface area contributed by atoms with Gasteiger partial charge in [0, 0.05) is 39.0 Å². The number of likely N-dealkylation sites (tertiary alicyclic amines) is 1. The molecular formula is C19H25N5O3S2. The van der Waals surface area contributed by atoms with E-state index >= 15 is 0 Å². The fourth-order valence-corrected chi connectivity index (χ4v) is 5.27. The highest BCUT2D eigenvalue weighted by molar-refractivity contribution is 7.98. The molecule has 2 aromatic heterocycles. The minimum absolute atomic E-state index is 0.185. The summed E-state index contributed by atoms with van der Waals surface area (Å²) in [7, 11) is 0. The van der Waals surface area contributed by atoms with Gasteiger partial charge in [0.15, 0.2) is 5.16 Å².